The van der Waals surface area contributed by atoms with E-state index >= 15 is 4.39 Å². The first-order valence-electron chi connectivity index (χ1n) is 13.4. The Morgan fingerprint density at radius 1 is 1.20 bits per heavy atom. The van der Waals surface area contributed by atoms with Crippen LogP contribution in [0.15, 0.2) is 61.3 Å². The van der Waals surface area contributed by atoms with Gasteiger partial charge in [-0.05, 0) is 38.4 Å². The Kier molecular flexibility index (Phi) is 8.23. The van der Waals surface area contributed by atoms with Crippen LogP contribution in [-0.4, -0.2) is 68.3 Å². The van der Waals surface area contributed by atoms with Crippen LogP contribution >= 0.6 is 0 Å². The summed E-state index contributed by atoms with van der Waals surface area (Å²) < 4.78 is 29.1. The Morgan fingerprint density at radius 3 is 2.76 bits per heavy atom. The van der Waals surface area contributed by atoms with Crippen LogP contribution in [0.1, 0.15) is 5.69 Å². The molecule has 10 heteroatoms. The molecule has 2 N–H and O–H groups in total. The molecule has 0 saturated heterocycles. The predicted octanol–water partition coefficient (Wildman–Crippen LogP) is 5.25. The minimum Gasteiger partial charge on any atom is -0.494 e. The first kappa shape index (κ1) is 28.1. The lowest BCUT2D eigenvalue weighted by atomic mass is 10.0. The number of benzene rings is 2. The molecule has 1 aliphatic heterocycles. The van der Waals surface area contributed by atoms with Crippen molar-refractivity contribution >= 4 is 39.7 Å². The zero-order chi connectivity index (χ0) is 29.1. The second kappa shape index (κ2) is 12.0. The molecule has 2 aromatic heterocycles. The third kappa shape index (κ3) is 5.75. The highest BCUT2D eigenvalue weighted by atomic mass is 19.1. The molecule has 4 aromatic rings. The molecule has 0 unspecified atom stereocenters. The summed E-state index contributed by atoms with van der Waals surface area (Å²) in [5, 5.41) is 7.14. The first-order chi connectivity index (χ1) is 19.8. The largest absolute Gasteiger partial charge is 0.494 e. The Hall–Kier alpha value is -4.41. The van der Waals surface area contributed by atoms with E-state index in [-0.39, 0.29) is 5.91 Å². The molecule has 0 aliphatic carbocycles. The molecule has 214 valence electrons. The van der Waals surface area contributed by atoms with E-state index < -0.39 is 5.82 Å². The lowest BCUT2D eigenvalue weighted by molar-refractivity contribution is -0.111. The molecule has 0 spiro atoms. The summed E-state index contributed by atoms with van der Waals surface area (Å²) in [6.07, 6.45) is 2.44. The van der Waals surface area contributed by atoms with Gasteiger partial charge in [0.25, 0.3) is 0 Å². The number of nitrogens with one attached hydrogen (secondary N) is 2. The second-order valence-corrected chi connectivity index (χ2v) is 10.2. The van der Waals surface area contributed by atoms with Crippen LogP contribution in [0.3, 0.4) is 0 Å². The van der Waals surface area contributed by atoms with Gasteiger partial charge in [0, 0.05) is 54.8 Å². The number of hydrogen-bond acceptors (Lipinski definition) is 7. The van der Waals surface area contributed by atoms with Crippen LogP contribution in [-0.2, 0) is 22.7 Å². The number of para-hydroxylation sites is 1. The zero-order valence-corrected chi connectivity index (χ0v) is 23.8. The van der Waals surface area contributed by atoms with Gasteiger partial charge in [0.1, 0.15) is 17.4 Å². The normalized spacial score (nSPS) is 12.7. The number of fused-ring (bicyclic) bond motifs is 3. The molecule has 41 heavy (non-hydrogen) atoms. The Bertz CT molecular complexity index is 1600. The maximum atomic E-state index is 15.4. The number of aromatic nitrogens is 2. The SMILES string of the molecule is C=CC(=O)Nc1cc(Nc2cc(-c3c4n(c5ccccc35)CCOC4)c(F)cn2)c(OC)cc1N(C)CCN(C)C. The predicted molar refractivity (Wildman–Crippen MR) is 162 cm³/mol. The number of amides is 1. The van der Waals surface area contributed by atoms with Crippen molar-refractivity contribution in [3.63, 3.8) is 0 Å². The molecular formula is C31H35FN6O3. The highest BCUT2D eigenvalue weighted by Gasteiger charge is 2.24. The Morgan fingerprint density at radius 2 is 2.00 bits per heavy atom. The summed E-state index contributed by atoms with van der Waals surface area (Å²) >= 11 is 0. The van der Waals surface area contributed by atoms with Crippen molar-refractivity contribution in [1.29, 1.82) is 0 Å². The highest BCUT2D eigenvalue weighted by Crippen LogP contribution is 2.41. The molecular weight excluding hydrogens is 523 g/mol. The number of carbonyl (C=O) groups is 1. The van der Waals surface area contributed by atoms with E-state index in [2.05, 4.69) is 31.7 Å². The van der Waals surface area contributed by atoms with Crippen LogP contribution in [0.4, 0.5) is 27.3 Å². The van der Waals surface area contributed by atoms with Crippen molar-refractivity contribution in [3.05, 3.63) is 72.8 Å². The molecule has 0 radical (unpaired) electrons. The minimum atomic E-state index is -0.427. The van der Waals surface area contributed by atoms with Crippen LogP contribution in [0.2, 0.25) is 0 Å². The molecule has 0 saturated carbocycles. The quantitative estimate of drug-likeness (QED) is 0.257. The Labute approximate surface area is 239 Å². The van der Waals surface area contributed by atoms with E-state index in [9.17, 15) is 4.79 Å². The molecule has 0 fully saturated rings. The fourth-order valence-electron chi connectivity index (χ4n) is 5.13. The van der Waals surface area contributed by atoms with Gasteiger partial charge in [-0.1, -0.05) is 24.8 Å². The van der Waals surface area contributed by atoms with E-state index in [1.54, 1.807) is 19.2 Å². The molecule has 5 rings (SSSR count). The van der Waals surface area contributed by atoms with Gasteiger partial charge in [0.05, 0.1) is 49.3 Å². The molecule has 0 bridgehead atoms. The summed E-state index contributed by atoms with van der Waals surface area (Å²) in [6, 6.07) is 13.3. The van der Waals surface area contributed by atoms with E-state index in [4.69, 9.17) is 9.47 Å². The Balaban J connectivity index is 1.56. The fourth-order valence-corrected chi connectivity index (χ4v) is 5.13. The third-order valence-electron chi connectivity index (χ3n) is 7.22. The first-order valence-corrected chi connectivity index (χ1v) is 13.4. The van der Waals surface area contributed by atoms with Crippen molar-refractivity contribution in [3.8, 4) is 16.9 Å². The maximum Gasteiger partial charge on any atom is 0.247 e. The van der Waals surface area contributed by atoms with E-state index in [1.165, 1.54) is 12.3 Å². The number of anilines is 4. The van der Waals surface area contributed by atoms with Gasteiger partial charge < -0.3 is 34.5 Å². The van der Waals surface area contributed by atoms with E-state index in [0.29, 0.717) is 48.3 Å². The average Bonchev–Trinajstić information content (AvgIpc) is 3.31. The fraction of sp³-hybridized carbons (Fsp3) is 0.290. The van der Waals surface area contributed by atoms with Gasteiger partial charge in [-0.3, -0.25) is 4.79 Å². The summed E-state index contributed by atoms with van der Waals surface area (Å²) in [5.41, 5.74) is 5.13. The van der Waals surface area contributed by atoms with E-state index in [0.717, 1.165) is 40.9 Å². The molecule has 1 aliphatic rings. The van der Waals surface area contributed by atoms with Gasteiger partial charge >= 0.3 is 0 Å². The smallest absolute Gasteiger partial charge is 0.247 e. The van der Waals surface area contributed by atoms with Crippen molar-refractivity contribution in [2.24, 2.45) is 0 Å². The summed E-state index contributed by atoms with van der Waals surface area (Å²) in [5.74, 6) is 0.207. The standard InChI is InChI=1S/C31H35FN6O3/c1-6-30(39)35-23-16-24(28(40-5)17-26(23)37(4)12-11-36(2)3)34-29-15-21(22(32)18-33-29)31-20-9-7-8-10-25(20)38-13-14-41-19-27(31)38/h6-10,15-18H,1,11-14,19H2,2-5H3,(H,33,34)(H,35,39). The van der Waals surface area contributed by atoms with Crippen LogP contribution in [0.25, 0.3) is 22.0 Å². The molecule has 3 heterocycles. The highest BCUT2D eigenvalue weighted by molar-refractivity contribution is 6.02. The van der Waals surface area contributed by atoms with Gasteiger partial charge in [-0.25, -0.2) is 9.37 Å². The maximum absolute atomic E-state index is 15.4. The lowest BCUT2D eigenvalue weighted by Gasteiger charge is -2.26. The second-order valence-electron chi connectivity index (χ2n) is 10.2. The average molecular weight is 559 g/mol. The van der Waals surface area contributed by atoms with Crippen LogP contribution in [0.5, 0.6) is 5.75 Å². The zero-order valence-electron chi connectivity index (χ0n) is 23.8. The van der Waals surface area contributed by atoms with Gasteiger partial charge in [-0.15, -0.1) is 0 Å². The molecule has 0 atom stereocenters. The van der Waals surface area contributed by atoms with Crippen molar-refractivity contribution < 1.29 is 18.7 Å². The number of methoxy groups -OCH3 is 1. The summed E-state index contributed by atoms with van der Waals surface area (Å²) in [7, 11) is 7.54. The summed E-state index contributed by atoms with van der Waals surface area (Å²) in [6.45, 7) is 6.84. The number of rotatable bonds is 10. The molecule has 1 amide bonds. The third-order valence-corrected chi connectivity index (χ3v) is 7.22. The monoisotopic (exact) mass is 558 g/mol. The molecule has 2 aromatic carbocycles. The number of nitrogens with zero attached hydrogens (tertiary/aromatic N) is 4. The summed E-state index contributed by atoms with van der Waals surface area (Å²) in [4.78, 5) is 20.8. The minimum absolute atomic E-state index is 0.335. The van der Waals surface area contributed by atoms with Crippen LogP contribution < -0.4 is 20.3 Å². The topological polar surface area (TPSA) is 83.9 Å². The van der Waals surface area contributed by atoms with Crippen molar-refractivity contribution in [2.75, 3.05) is 63.5 Å². The number of carbonyl (C=O) groups excluding carboxylic acids is 1. The lowest BCUT2D eigenvalue weighted by Crippen LogP contribution is -2.29. The van der Waals surface area contributed by atoms with Gasteiger partial charge in [0.15, 0.2) is 0 Å². The number of ether oxygens (including phenoxy) is 2. The van der Waals surface area contributed by atoms with E-state index in [1.807, 2.05) is 56.4 Å². The van der Waals surface area contributed by atoms with Crippen LogP contribution in [0, 0.1) is 5.82 Å². The number of hydrogen-bond donors (Lipinski definition) is 2. The van der Waals surface area contributed by atoms with Crippen molar-refractivity contribution in [2.45, 2.75) is 13.2 Å². The number of likely N-dealkylation sites (N-methyl/N-ethyl adjacent to an activating group) is 2. The molecule has 9 nitrogen and oxygen atoms in total. The number of pyridine rings is 1. The number of halogens is 1. The van der Waals surface area contributed by atoms with Crippen molar-refractivity contribution in [1.82, 2.24) is 14.5 Å². The van der Waals surface area contributed by atoms with Gasteiger partial charge in [0.2, 0.25) is 5.91 Å². The van der Waals surface area contributed by atoms with Gasteiger partial charge in [-0.2, -0.15) is 0 Å².